The lowest BCUT2D eigenvalue weighted by Crippen LogP contribution is -2.23. The van der Waals surface area contributed by atoms with Crippen LogP contribution in [0.4, 0.5) is 0 Å². The summed E-state index contributed by atoms with van der Waals surface area (Å²) in [5.41, 5.74) is 1.26. The molecule has 0 fully saturated rings. The SMILES string of the molecule is O=S(=O)(NCc1cccc(Cl)c1)c1cccc2cccnc12. The number of aromatic nitrogens is 1. The number of sulfonamides is 1. The smallest absolute Gasteiger partial charge is 0.243 e. The van der Waals surface area contributed by atoms with Gasteiger partial charge in [0.25, 0.3) is 0 Å². The minimum absolute atomic E-state index is 0.173. The zero-order chi connectivity index (χ0) is 15.6. The quantitative estimate of drug-likeness (QED) is 0.797. The summed E-state index contributed by atoms with van der Waals surface area (Å²) < 4.78 is 27.6. The second-order valence-corrected chi connectivity index (χ2v) is 6.96. The van der Waals surface area contributed by atoms with E-state index in [9.17, 15) is 8.42 Å². The molecule has 6 heteroatoms. The van der Waals surface area contributed by atoms with Gasteiger partial charge in [-0.2, -0.15) is 0 Å². The molecule has 0 aliphatic heterocycles. The fraction of sp³-hybridized carbons (Fsp3) is 0.0625. The molecule has 0 aliphatic carbocycles. The van der Waals surface area contributed by atoms with E-state index in [2.05, 4.69) is 9.71 Å². The van der Waals surface area contributed by atoms with Crippen molar-refractivity contribution >= 4 is 32.5 Å². The van der Waals surface area contributed by atoms with E-state index in [1.165, 1.54) is 0 Å². The van der Waals surface area contributed by atoms with Gasteiger partial charge < -0.3 is 0 Å². The second-order valence-electron chi connectivity index (χ2n) is 4.79. The maximum absolute atomic E-state index is 12.5. The summed E-state index contributed by atoms with van der Waals surface area (Å²) in [5, 5.41) is 1.36. The summed E-state index contributed by atoms with van der Waals surface area (Å²) in [4.78, 5) is 4.35. The van der Waals surface area contributed by atoms with Gasteiger partial charge in [-0.15, -0.1) is 0 Å². The third-order valence-electron chi connectivity index (χ3n) is 3.24. The normalized spacial score (nSPS) is 11.7. The fourth-order valence-electron chi connectivity index (χ4n) is 2.20. The summed E-state index contributed by atoms with van der Waals surface area (Å²) in [6, 6.07) is 15.8. The molecule has 3 aromatic rings. The molecule has 0 saturated heterocycles. The molecule has 4 nitrogen and oxygen atoms in total. The van der Waals surface area contributed by atoms with Gasteiger partial charge in [0.15, 0.2) is 0 Å². The number of halogens is 1. The van der Waals surface area contributed by atoms with Crippen LogP contribution in [0.3, 0.4) is 0 Å². The van der Waals surface area contributed by atoms with Crippen LogP contribution in [0.2, 0.25) is 5.02 Å². The molecule has 0 amide bonds. The maximum atomic E-state index is 12.5. The van der Waals surface area contributed by atoms with Crippen LogP contribution in [-0.4, -0.2) is 13.4 Å². The predicted molar refractivity (Wildman–Crippen MR) is 87.2 cm³/mol. The van der Waals surface area contributed by atoms with Crippen LogP contribution in [-0.2, 0) is 16.6 Å². The average molecular weight is 333 g/mol. The van der Waals surface area contributed by atoms with Gasteiger partial charge in [0.1, 0.15) is 4.90 Å². The van der Waals surface area contributed by atoms with Gasteiger partial charge in [0, 0.05) is 23.2 Å². The molecular weight excluding hydrogens is 320 g/mol. The minimum Gasteiger partial charge on any atom is -0.255 e. The van der Waals surface area contributed by atoms with E-state index in [1.54, 1.807) is 42.6 Å². The maximum Gasteiger partial charge on any atom is 0.243 e. The van der Waals surface area contributed by atoms with E-state index in [0.717, 1.165) is 10.9 Å². The first-order valence-corrected chi connectivity index (χ1v) is 8.50. The highest BCUT2D eigenvalue weighted by atomic mass is 35.5. The Morgan fingerprint density at radius 1 is 1.05 bits per heavy atom. The summed E-state index contributed by atoms with van der Waals surface area (Å²) >= 11 is 5.90. The van der Waals surface area contributed by atoms with Crippen LogP contribution in [0.15, 0.2) is 65.7 Å². The van der Waals surface area contributed by atoms with Gasteiger partial charge in [-0.3, -0.25) is 4.98 Å². The number of nitrogens with zero attached hydrogens (tertiary/aromatic N) is 1. The Kier molecular flexibility index (Phi) is 4.11. The fourth-order valence-corrected chi connectivity index (χ4v) is 3.60. The van der Waals surface area contributed by atoms with Gasteiger partial charge in [-0.25, -0.2) is 13.1 Å². The van der Waals surface area contributed by atoms with Crippen LogP contribution in [0.1, 0.15) is 5.56 Å². The van der Waals surface area contributed by atoms with Crippen molar-refractivity contribution in [2.75, 3.05) is 0 Å². The molecule has 0 spiro atoms. The predicted octanol–water partition coefficient (Wildman–Crippen LogP) is 3.37. The first kappa shape index (κ1) is 15.0. The highest BCUT2D eigenvalue weighted by Gasteiger charge is 2.17. The van der Waals surface area contributed by atoms with Gasteiger partial charge in [0.05, 0.1) is 5.52 Å². The number of pyridine rings is 1. The highest BCUT2D eigenvalue weighted by molar-refractivity contribution is 7.89. The Hall–Kier alpha value is -1.95. The zero-order valence-electron chi connectivity index (χ0n) is 11.5. The Labute approximate surface area is 133 Å². The summed E-state index contributed by atoms with van der Waals surface area (Å²) in [6.45, 7) is 0.173. The number of fused-ring (bicyclic) bond motifs is 1. The number of hydrogen-bond donors (Lipinski definition) is 1. The van der Waals surface area contributed by atoms with E-state index < -0.39 is 10.0 Å². The first-order valence-electron chi connectivity index (χ1n) is 6.64. The number of rotatable bonds is 4. The van der Waals surface area contributed by atoms with Gasteiger partial charge >= 0.3 is 0 Å². The van der Waals surface area contributed by atoms with Crippen molar-refractivity contribution in [1.29, 1.82) is 0 Å². The largest absolute Gasteiger partial charge is 0.255 e. The Bertz CT molecular complexity index is 921. The van der Waals surface area contributed by atoms with Crippen LogP contribution in [0, 0.1) is 0 Å². The molecule has 2 aromatic carbocycles. The third kappa shape index (κ3) is 3.11. The van der Waals surface area contributed by atoms with Gasteiger partial charge in [0.2, 0.25) is 10.0 Å². The van der Waals surface area contributed by atoms with Crippen molar-refractivity contribution in [3.8, 4) is 0 Å². The van der Waals surface area contributed by atoms with E-state index in [1.807, 2.05) is 18.2 Å². The average Bonchev–Trinajstić information content (AvgIpc) is 2.52. The lowest BCUT2D eigenvalue weighted by atomic mass is 10.2. The van der Waals surface area contributed by atoms with Gasteiger partial charge in [-0.05, 0) is 29.8 Å². The highest BCUT2D eigenvalue weighted by Crippen LogP contribution is 2.20. The van der Waals surface area contributed by atoms with Crippen molar-refractivity contribution in [1.82, 2.24) is 9.71 Å². The molecule has 0 radical (unpaired) electrons. The molecule has 22 heavy (non-hydrogen) atoms. The Balaban J connectivity index is 1.92. The minimum atomic E-state index is -3.65. The van der Waals surface area contributed by atoms with E-state index >= 15 is 0 Å². The van der Waals surface area contributed by atoms with Crippen molar-refractivity contribution in [2.24, 2.45) is 0 Å². The van der Waals surface area contributed by atoms with Gasteiger partial charge in [-0.1, -0.05) is 41.9 Å². The van der Waals surface area contributed by atoms with Crippen molar-refractivity contribution in [2.45, 2.75) is 11.4 Å². The van der Waals surface area contributed by atoms with Crippen LogP contribution >= 0.6 is 11.6 Å². The summed E-state index contributed by atoms with van der Waals surface area (Å²) in [5.74, 6) is 0. The summed E-state index contributed by atoms with van der Waals surface area (Å²) in [6.07, 6.45) is 1.58. The number of para-hydroxylation sites is 1. The molecule has 1 aromatic heterocycles. The molecule has 1 heterocycles. The topological polar surface area (TPSA) is 59.1 Å². The van der Waals surface area contributed by atoms with E-state index in [4.69, 9.17) is 11.6 Å². The first-order chi connectivity index (χ1) is 10.6. The van der Waals surface area contributed by atoms with Crippen LogP contribution < -0.4 is 4.72 Å². The lowest BCUT2D eigenvalue weighted by molar-refractivity contribution is 0.582. The molecule has 112 valence electrons. The molecule has 0 bridgehead atoms. The third-order valence-corrected chi connectivity index (χ3v) is 4.91. The molecule has 1 N–H and O–H groups in total. The lowest BCUT2D eigenvalue weighted by Gasteiger charge is -2.09. The van der Waals surface area contributed by atoms with E-state index in [-0.39, 0.29) is 11.4 Å². The molecule has 0 aliphatic rings. The number of hydrogen-bond acceptors (Lipinski definition) is 3. The Morgan fingerprint density at radius 3 is 2.64 bits per heavy atom. The monoisotopic (exact) mass is 332 g/mol. The van der Waals surface area contributed by atoms with Crippen molar-refractivity contribution in [3.05, 3.63) is 71.4 Å². The Morgan fingerprint density at radius 2 is 1.82 bits per heavy atom. The van der Waals surface area contributed by atoms with Crippen molar-refractivity contribution < 1.29 is 8.42 Å². The molecule has 3 rings (SSSR count). The molecular formula is C16H13ClN2O2S. The molecule has 0 unspecified atom stereocenters. The number of nitrogens with one attached hydrogen (secondary N) is 1. The van der Waals surface area contributed by atoms with E-state index in [0.29, 0.717) is 10.5 Å². The molecule has 0 atom stereocenters. The summed E-state index contributed by atoms with van der Waals surface area (Å²) in [7, 11) is -3.65. The number of benzene rings is 2. The van der Waals surface area contributed by atoms with Crippen molar-refractivity contribution in [3.63, 3.8) is 0 Å². The second kappa shape index (κ2) is 6.04. The standard InChI is InChI=1S/C16H13ClN2O2S/c17-14-7-1-4-12(10-14)11-19-22(20,21)15-8-2-5-13-6-3-9-18-16(13)15/h1-10,19H,11H2. The van der Waals surface area contributed by atoms with Crippen LogP contribution in [0.25, 0.3) is 10.9 Å². The molecule has 0 saturated carbocycles. The zero-order valence-corrected chi connectivity index (χ0v) is 13.1. The van der Waals surface area contributed by atoms with Crippen LogP contribution in [0.5, 0.6) is 0 Å².